The minimum absolute atomic E-state index is 0.466. The van der Waals surface area contributed by atoms with Gasteiger partial charge in [-0.15, -0.1) is 0 Å². The van der Waals surface area contributed by atoms with Crippen LogP contribution in [0.2, 0.25) is 0 Å². The molecular formula is C15H15N3O. The van der Waals surface area contributed by atoms with Crippen molar-refractivity contribution in [3.05, 3.63) is 40.8 Å². The van der Waals surface area contributed by atoms with E-state index in [0.717, 1.165) is 34.3 Å². The van der Waals surface area contributed by atoms with E-state index in [-0.39, 0.29) is 0 Å². The van der Waals surface area contributed by atoms with E-state index in [1.165, 1.54) is 11.1 Å². The molecule has 0 unspecified atom stereocenters. The molecule has 4 nitrogen and oxygen atoms in total. The molecule has 3 rings (SSSR count). The number of hydrogen-bond donors (Lipinski definition) is 2. The molecule has 0 amide bonds. The number of benzene rings is 1. The zero-order valence-electron chi connectivity index (χ0n) is 11.2. The molecular weight excluding hydrogens is 238 g/mol. The Labute approximate surface area is 110 Å². The van der Waals surface area contributed by atoms with Crippen LogP contribution in [0.15, 0.2) is 18.3 Å². The SMILES string of the molecule is Cc1cc2[nH]cc(-c3nc(C=O)c(C)[nH]3)c2cc1C. The van der Waals surface area contributed by atoms with Gasteiger partial charge < -0.3 is 9.97 Å². The van der Waals surface area contributed by atoms with E-state index in [1.54, 1.807) is 0 Å². The number of imidazole rings is 1. The molecule has 0 aliphatic heterocycles. The molecule has 0 aliphatic carbocycles. The van der Waals surface area contributed by atoms with Crippen LogP contribution in [-0.2, 0) is 0 Å². The lowest BCUT2D eigenvalue weighted by atomic mass is 10.1. The molecule has 19 heavy (non-hydrogen) atoms. The number of rotatable bonds is 2. The van der Waals surface area contributed by atoms with Crippen LogP contribution in [0.25, 0.3) is 22.3 Å². The molecule has 0 spiro atoms. The van der Waals surface area contributed by atoms with Gasteiger partial charge >= 0.3 is 0 Å². The van der Waals surface area contributed by atoms with E-state index >= 15 is 0 Å². The maximum Gasteiger partial charge on any atom is 0.170 e. The summed E-state index contributed by atoms with van der Waals surface area (Å²) in [5.74, 6) is 0.731. The molecule has 0 fully saturated rings. The number of H-pyrrole nitrogens is 2. The van der Waals surface area contributed by atoms with Crippen molar-refractivity contribution in [2.75, 3.05) is 0 Å². The number of aldehydes is 1. The lowest BCUT2D eigenvalue weighted by molar-refractivity contribution is 0.111. The van der Waals surface area contributed by atoms with Crippen LogP contribution in [0.3, 0.4) is 0 Å². The second kappa shape index (κ2) is 4.09. The van der Waals surface area contributed by atoms with Gasteiger partial charge in [-0.3, -0.25) is 4.79 Å². The minimum atomic E-state index is 0.466. The molecule has 3 aromatic rings. The first-order chi connectivity index (χ1) is 9.10. The maximum absolute atomic E-state index is 10.9. The van der Waals surface area contributed by atoms with Crippen molar-refractivity contribution >= 4 is 17.2 Å². The Balaban J connectivity index is 2.24. The summed E-state index contributed by atoms with van der Waals surface area (Å²) in [6, 6.07) is 4.28. The van der Waals surface area contributed by atoms with Gasteiger partial charge in [0.1, 0.15) is 11.5 Å². The van der Waals surface area contributed by atoms with E-state index in [0.29, 0.717) is 5.69 Å². The maximum atomic E-state index is 10.9. The van der Waals surface area contributed by atoms with Gasteiger partial charge in [-0.2, -0.15) is 0 Å². The zero-order valence-corrected chi connectivity index (χ0v) is 11.2. The van der Waals surface area contributed by atoms with Crippen LogP contribution in [0.5, 0.6) is 0 Å². The number of aromatic nitrogens is 3. The third kappa shape index (κ3) is 1.76. The lowest BCUT2D eigenvalue weighted by Gasteiger charge is -2.01. The highest BCUT2D eigenvalue weighted by molar-refractivity contribution is 5.95. The van der Waals surface area contributed by atoms with E-state index in [1.807, 2.05) is 13.1 Å². The molecule has 2 N–H and O–H groups in total. The fraction of sp³-hybridized carbons (Fsp3) is 0.200. The van der Waals surface area contributed by atoms with Gasteiger partial charge in [-0.1, -0.05) is 0 Å². The number of aromatic amines is 2. The molecule has 0 aliphatic rings. The fourth-order valence-electron chi connectivity index (χ4n) is 2.30. The number of nitrogens with zero attached hydrogens (tertiary/aromatic N) is 1. The van der Waals surface area contributed by atoms with E-state index < -0.39 is 0 Å². The summed E-state index contributed by atoms with van der Waals surface area (Å²) in [7, 11) is 0. The van der Waals surface area contributed by atoms with Crippen LogP contribution < -0.4 is 0 Å². The summed E-state index contributed by atoms with van der Waals surface area (Å²) < 4.78 is 0. The Kier molecular flexibility index (Phi) is 2.52. The number of fused-ring (bicyclic) bond motifs is 1. The van der Waals surface area contributed by atoms with Gasteiger partial charge in [0.2, 0.25) is 0 Å². The van der Waals surface area contributed by atoms with Crippen LogP contribution in [-0.4, -0.2) is 21.2 Å². The standard InChI is InChI=1S/C15H15N3O/c1-8-4-11-12(6-16-13(11)5-9(8)2)15-17-10(3)14(7-19)18-15/h4-7,16H,1-3H3,(H,17,18). The largest absolute Gasteiger partial charge is 0.360 e. The van der Waals surface area contributed by atoms with E-state index in [9.17, 15) is 4.79 Å². The van der Waals surface area contributed by atoms with Crippen molar-refractivity contribution < 1.29 is 4.79 Å². The molecule has 4 heteroatoms. The average Bonchev–Trinajstić information content (AvgIpc) is 2.93. The molecule has 2 heterocycles. The summed E-state index contributed by atoms with van der Waals surface area (Å²) in [4.78, 5) is 21.6. The first-order valence-electron chi connectivity index (χ1n) is 6.20. The van der Waals surface area contributed by atoms with Crippen LogP contribution in [0, 0.1) is 20.8 Å². The summed E-state index contributed by atoms with van der Waals surface area (Å²) in [6.45, 7) is 6.04. The van der Waals surface area contributed by atoms with Crippen LogP contribution >= 0.6 is 0 Å². The Morgan fingerprint density at radius 3 is 2.58 bits per heavy atom. The minimum Gasteiger partial charge on any atom is -0.360 e. The van der Waals surface area contributed by atoms with Gasteiger partial charge in [0, 0.05) is 28.4 Å². The molecule has 1 aromatic carbocycles. The van der Waals surface area contributed by atoms with Crippen LogP contribution in [0.1, 0.15) is 27.3 Å². The number of nitrogens with one attached hydrogen (secondary N) is 2. The first-order valence-corrected chi connectivity index (χ1v) is 6.20. The third-order valence-corrected chi connectivity index (χ3v) is 3.59. The summed E-state index contributed by atoms with van der Waals surface area (Å²) >= 11 is 0. The van der Waals surface area contributed by atoms with Gasteiger partial charge in [0.15, 0.2) is 6.29 Å². The highest BCUT2D eigenvalue weighted by atomic mass is 16.1. The van der Waals surface area contributed by atoms with E-state index in [2.05, 4.69) is 40.9 Å². The highest BCUT2D eigenvalue weighted by Crippen LogP contribution is 2.29. The lowest BCUT2D eigenvalue weighted by Crippen LogP contribution is -1.83. The number of aryl methyl sites for hydroxylation is 3. The Hall–Kier alpha value is -2.36. The van der Waals surface area contributed by atoms with Crippen molar-refractivity contribution in [2.24, 2.45) is 0 Å². The number of carbonyl (C=O) groups is 1. The monoisotopic (exact) mass is 253 g/mol. The Morgan fingerprint density at radius 2 is 1.89 bits per heavy atom. The van der Waals surface area contributed by atoms with Crippen LogP contribution in [0.4, 0.5) is 0 Å². The van der Waals surface area contributed by atoms with Crippen molar-refractivity contribution in [3.8, 4) is 11.4 Å². The Bertz CT molecular complexity index is 780. The number of hydrogen-bond acceptors (Lipinski definition) is 2. The normalized spacial score (nSPS) is 11.1. The van der Waals surface area contributed by atoms with Crippen molar-refractivity contribution in [1.29, 1.82) is 0 Å². The third-order valence-electron chi connectivity index (χ3n) is 3.59. The molecule has 0 bridgehead atoms. The second-order valence-corrected chi connectivity index (χ2v) is 4.90. The van der Waals surface area contributed by atoms with Crippen molar-refractivity contribution in [1.82, 2.24) is 15.0 Å². The predicted octanol–water partition coefficient (Wildman–Crippen LogP) is 3.30. The topological polar surface area (TPSA) is 61.5 Å². The summed E-state index contributed by atoms with van der Waals surface area (Å²) in [5, 5.41) is 1.12. The Morgan fingerprint density at radius 1 is 1.16 bits per heavy atom. The second-order valence-electron chi connectivity index (χ2n) is 4.90. The average molecular weight is 253 g/mol. The smallest absolute Gasteiger partial charge is 0.170 e. The quantitative estimate of drug-likeness (QED) is 0.688. The first kappa shape index (κ1) is 11.7. The summed E-state index contributed by atoms with van der Waals surface area (Å²) in [6.07, 6.45) is 2.70. The highest BCUT2D eigenvalue weighted by Gasteiger charge is 2.12. The van der Waals surface area contributed by atoms with Crippen molar-refractivity contribution in [2.45, 2.75) is 20.8 Å². The molecule has 96 valence electrons. The van der Waals surface area contributed by atoms with E-state index in [4.69, 9.17) is 0 Å². The predicted molar refractivity (Wildman–Crippen MR) is 75.5 cm³/mol. The van der Waals surface area contributed by atoms with Gasteiger partial charge in [0.05, 0.1) is 0 Å². The van der Waals surface area contributed by atoms with Gasteiger partial charge in [-0.25, -0.2) is 4.98 Å². The van der Waals surface area contributed by atoms with Gasteiger partial charge in [-0.05, 0) is 44.0 Å². The molecule has 0 radical (unpaired) electrons. The van der Waals surface area contributed by atoms with Crippen molar-refractivity contribution in [3.63, 3.8) is 0 Å². The molecule has 2 aromatic heterocycles. The molecule has 0 saturated carbocycles. The summed E-state index contributed by atoms with van der Waals surface area (Å²) in [5.41, 5.74) is 5.84. The fourth-order valence-corrected chi connectivity index (χ4v) is 2.30. The molecule has 0 saturated heterocycles. The van der Waals surface area contributed by atoms with Gasteiger partial charge in [0.25, 0.3) is 0 Å². The number of carbonyl (C=O) groups excluding carboxylic acids is 1. The zero-order chi connectivity index (χ0) is 13.6. The molecule has 0 atom stereocenters.